The number of ether oxygens (including phenoxy) is 2. The average Bonchev–Trinajstić information content (AvgIpc) is 2.42. The van der Waals surface area contributed by atoms with Gasteiger partial charge in [0.2, 0.25) is 0 Å². The van der Waals surface area contributed by atoms with Crippen molar-refractivity contribution in [3.63, 3.8) is 0 Å². The lowest BCUT2D eigenvalue weighted by atomic mass is 10.1. The van der Waals surface area contributed by atoms with Gasteiger partial charge in [0.05, 0.1) is 13.0 Å². The van der Waals surface area contributed by atoms with Crippen LogP contribution in [0.25, 0.3) is 0 Å². The van der Waals surface area contributed by atoms with E-state index in [-0.39, 0.29) is 19.1 Å². The highest BCUT2D eigenvalue weighted by Gasteiger charge is 2.08. The van der Waals surface area contributed by atoms with Gasteiger partial charge in [0.15, 0.2) is 11.5 Å². The summed E-state index contributed by atoms with van der Waals surface area (Å²) in [4.78, 5) is 0. The molecule has 102 valence electrons. The number of aliphatic hydroxyl groups excluding tert-OH is 2. The van der Waals surface area contributed by atoms with Crippen molar-refractivity contribution < 1.29 is 19.7 Å². The van der Waals surface area contributed by atoms with E-state index in [9.17, 15) is 5.11 Å². The molecule has 1 atom stereocenters. The molecule has 1 unspecified atom stereocenters. The van der Waals surface area contributed by atoms with Crippen LogP contribution in [0.15, 0.2) is 18.2 Å². The van der Waals surface area contributed by atoms with Gasteiger partial charge in [-0.05, 0) is 30.5 Å². The Morgan fingerprint density at radius 3 is 2.72 bits per heavy atom. The molecule has 0 aliphatic heterocycles. The van der Waals surface area contributed by atoms with Crippen LogP contribution in [0.4, 0.5) is 0 Å². The summed E-state index contributed by atoms with van der Waals surface area (Å²) in [7, 11) is 1.57. The number of halogens is 1. The van der Waals surface area contributed by atoms with Gasteiger partial charge in [0, 0.05) is 6.61 Å². The Kier molecular flexibility index (Phi) is 6.86. The van der Waals surface area contributed by atoms with Gasteiger partial charge >= 0.3 is 0 Å². The minimum Gasteiger partial charge on any atom is -0.493 e. The van der Waals surface area contributed by atoms with Crippen LogP contribution in [-0.2, 0) is 6.42 Å². The molecule has 1 rings (SSSR count). The van der Waals surface area contributed by atoms with Gasteiger partial charge in [0.25, 0.3) is 0 Å². The van der Waals surface area contributed by atoms with Crippen molar-refractivity contribution in [1.82, 2.24) is 0 Å². The van der Waals surface area contributed by atoms with Crippen molar-refractivity contribution >= 4 is 11.6 Å². The van der Waals surface area contributed by atoms with E-state index in [0.29, 0.717) is 17.9 Å². The molecule has 0 saturated carbocycles. The second kappa shape index (κ2) is 8.19. The zero-order chi connectivity index (χ0) is 13.4. The number of benzene rings is 1. The lowest BCUT2D eigenvalue weighted by molar-refractivity contribution is 0.123. The van der Waals surface area contributed by atoms with Crippen LogP contribution in [0.1, 0.15) is 12.0 Å². The molecule has 0 aromatic heterocycles. The molecule has 5 heteroatoms. The van der Waals surface area contributed by atoms with Crippen molar-refractivity contribution in [2.75, 3.05) is 26.2 Å². The van der Waals surface area contributed by atoms with Crippen molar-refractivity contribution in [2.24, 2.45) is 0 Å². The predicted molar refractivity (Wildman–Crippen MR) is 70.6 cm³/mol. The predicted octanol–water partition coefficient (Wildman–Crippen LogP) is 1.60. The Hall–Kier alpha value is -0.970. The molecule has 0 radical (unpaired) electrons. The molecule has 0 spiro atoms. The van der Waals surface area contributed by atoms with Crippen LogP contribution in [0.5, 0.6) is 11.5 Å². The highest BCUT2D eigenvalue weighted by atomic mass is 35.5. The smallest absolute Gasteiger partial charge is 0.161 e. The molecule has 1 aromatic carbocycles. The highest BCUT2D eigenvalue weighted by molar-refractivity contribution is 6.18. The SMILES string of the molecule is COc1cc(CCCO)ccc1OCC(O)CCl. The van der Waals surface area contributed by atoms with Crippen molar-refractivity contribution in [3.05, 3.63) is 23.8 Å². The molecular formula is C13H19ClO4. The minimum atomic E-state index is -0.689. The number of hydrogen-bond donors (Lipinski definition) is 2. The second-order valence-corrected chi connectivity index (χ2v) is 4.24. The van der Waals surface area contributed by atoms with Crippen LogP contribution in [0.3, 0.4) is 0 Å². The first-order valence-electron chi connectivity index (χ1n) is 5.85. The molecule has 0 amide bonds. The van der Waals surface area contributed by atoms with Gasteiger partial charge in [-0.3, -0.25) is 0 Å². The molecule has 18 heavy (non-hydrogen) atoms. The lowest BCUT2D eigenvalue weighted by Gasteiger charge is -2.13. The summed E-state index contributed by atoms with van der Waals surface area (Å²) >= 11 is 5.49. The third kappa shape index (κ3) is 4.72. The molecule has 1 aromatic rings. The van der Waals surface area contributed by atoms with Gasteiger partial charge in [0.1, 0.15) is 12.7 Å². The average molecular weight is 275 g/mol. The summed E-state index contributed by atoms with van der Waals surface area (Å²) in [5, 5.41) is 18.1. The molecule has 0 aliphatic carbocycles. The van der Waals surface area contributed by atoms with Gasteiger partial charge in [-0.25, -0.2) is 0 Å². The Morgan fingerprint density at radius 1 is 1.33 bits per heavy atom. The molecule has 4 nitrogen and oxygen atoms in total. The van der Waals surface area contributed by atoms with E-state index in [1.807, 2.05) is 12.1 Å². The summed E-state index contributed by atoms with van der Waals surface area (Å²) in [6, 6.07) is 5.59. The maximum Gasteiger partial charge on any atom is 0.161 e. The van der Waals surface area contributed by atoms with E-state index in [4.69, 9.17) is 26.2 Å². The number of methoxy groups -OCH3 is 1. The summed E-state index contributed by atoms with van der Waals surface area (Å²) < 4.78 is 10.7. The zero-order valence-corrected chi connectivity index (χ0v) is 11.2. The summed E-state index contributed by atoms with van der Waals surface area (Å²) in [5.41, 5.74) is 1.08. The normalized spacial score (nSPS) is 12.2. The fraction of sp³-hybridized carbons (Fsp3) is 0.538. The molecule has 0 fully saturated rings. The Labute approximate surface area is 112 Å². The largest absolute Gasteiger partial charge is 0.493 e. The molecule has 0 heterocycles. The van der Waals surface area contributed by atoms with Gasteiger partial charge < -0.3 is 19.7 Å². The minimum absolute atomic E-state index is 0.135. The molecule has 0 aliphatic rings. The Balaban J connectivity index is 2.67. The lowest BCUT2D eigenvalue weighted by Crippen LogP contribution is -2.19. The maximum atomic E-state index is 9.33. The topological polar surface area (TPSA) is 58.9 Å². The summed E-state index contributed by atoms with van der Waals surface area (Å²) in [6.07, 6.45) is 0.816. The first-order valence-corrected chi connectivity index (χ1v) is 6.39. The summed E-state index contributed by atoms with van der Waals surface area (Å²) in [5.74, 6) is 1.33. The first-order chi connectivity index (χ1) is 8.71. The quantitative estimate of drug-likeness (QED) is 0.707. The van der Waals surface area contributed by atoms with E-state index in [0.717, 1.165) is 12.0 Å². The van der Waals surface area contributed by atoms with E-state index in [1.54, 1.807) is 13.2 Å². The Bertz CT molecular complexity index is 357. The van der Waals surface area contributed by atoms with Gasteiger partial charge in [-0.2, -0.15) is 0 Å². The molecule has 0 bridgehead atoms. The molecular weight excluding hydrogens is 256 g/mol. The summed E-state index contributed by atoms with van der Waals surface area (Å²) in [6.45, 7) is 0.304. The second-order valence-electron chi connectivity index (χ2n) is 3.93. The number of alkyl halides is 1. The number of aryl methyl sites for hydroxylation is 1. The van der Waals surface area contributed by atoms with Crippen LogP contribution >= 0.6 is 11.6 Å². The van der Waals surface area contributed by atoms with Crippen molar-refractivity contribution in [1.29, 1.82) is 0 Å². The maximum absolute atomic E-state index is 9.33. The monoisotopic (exact) mass is 274 g/mol. The van der Waals surface area contributed by atoms with E-state index < -0.39 is 6.10 Å². The standard InChI is InChI=1S/C13H19ClO4/c1-17-13-7-10(3-2-6-15)4-5-12(13)18-9-11(16)8-14/h4-5,7,11,15-16H,2-3,6,8-9H2,1H3. The van der Waals surface area contributed by atoms with E-state index in [2.05, 4.69) is 0 Å². The van der Waals surface area contributed by atoms with Gasteiger partial charge in [-0.15, -0.1) is 11.6 Å². The van der Waals surface area contributed by atoms with Crippen LogP contribution in [0, 0.1) is 0 Å². The van der Waals surface area contributed by atoms with E-state index >= 15 is 0 Å². The van der Waals surface area contributed by atoms with E-state index in [1.165, 1.54) is 0 Å². The zero-order valence-electron chi connectivity index (χ0n) is 10.4. The molecule has 0 saturated heterocycles. The fourth-order valence-corrected chi connectivity index (χ4v) is 1.59. The highest BCUT2D eigenvalue weighted by Crippen LogP contribution is 2.28. The first kappa shape index (κ1) is 15.1. The number of hydrogen-bond acceptors (Lipinski definition) is 4. The number of aliphatic hydroxyl groups is 2. The van der Waals surface area contributed by atoms with Crippen molar-refractivity contribution in [3.8, 4) is 11.5 Å². The Morgan fingerprint density at radius 2 is 2.11 bits per heavy atom. The number of rotatable bonds is 8. The third-order valence-electron chi connectivity index (χ3n) is 2.46. The van der Waals surface area contributed by atoms with Crippen molar-refractivity contribution in [2.45, 2.75) is 18.9 Å². The molecule has 2 N–H and O–H groups in total. The van der Waals surface area contributed by atoms with Gasteiger partial charge in [-0.1, -0.05) is 6.07 Å². The third-order valence-corrected chi connectivity index (χ3v) is 2.82. The van der Waals surface area contributed by atoms with Crippen LogP contribution in [0.2, 0.25) is 0 Å². The van der Waals surface area contributed by atoms with Crippen LogP contribution < -0.4 is 9.47 Å². The fourth-order valence-electron chi connectivity index (χ4n) is 1.50. The van der Waals surface area contributed by atoms with Crippen LogP contribution in [-0.4, -0.2) is 42.5 Å².